The van der Waals surface area contributed by atoms with Gasteiger partial charge < -0.3 is 9.80 Å². The fraction of sp³-hybridized carbons (Fsp3) is 0.444. The molecule has 1 atom stereocenters. The Labute approximate surface area is 260 Å². The minimum atomic E-state index is -1.34. The molecule has 44 heavy (non-hydrogen) atoms. The Hall–Kier alpha value is -3.68. The fourth-order valence-corrected chi connectivity index (χ4v) is 5.40. The van der Waals surface area contributed by atoms with Crippen LogP contribution in [0.1, 0.15) is 69.8 Å². The van der Waals surface area contributed by atoms with Crippen molar-refractivity contribution in [2.45, 2.75) is 74.1 Å². The van der Waals surface area contributed by atoms with Crippen LogP contribution < -0.4 is 9.80 Å². The molecule has 0 bridgehead atoms. The Balaban J connectivity index is 0.000000336. The van der Waals surface area contributed by atoms with Gasteiger partial charge in [-0.25, -0.2) is 27.5 Å². The molecular formula is C36H46F4N4. The third kappa shape index (κ3) is 7.88. The number of anilines is 2. The van der Waals surface area contributed by atoms with Gasteiger partial charge in [-0.3, -0.25) is 0 Å². The average Bonchev–Trinajstić information content (AvgIpc) is 3.07. The second-order valence-electron chi connectivity index (χ2n) is 11.0. The molecule has 1 aromatic heterocycles. The van der Waals surface area contributed by atoms with Crippen LogP contribution in [0.3, 0.4) is 0 Å². The van der Waals surface area contributed by atoms with E-state index in [4.69, 9.17) is 0 Å². The molecule has 1 unspecified atom stereocenters. The van der Waals surface area contributed by atoms with E-state index >= 15 is 0 Å². The first-order valence-electron chi connectivity index (χ1n) is 15.8. The lowest BCUT2D eigenvalue weighted by Gasteiger charge is -2.38. The van der Waals surface area contributed by atoms with E-state index in [1.165, 1.54) is 21.2 Å². The maximum absolute atomic E-state index is 14.4. The van der Waals surface area contributed by atoms with Crippen molar-refractivity contribution in [2.24, 2.45) is 5.92 Å². The first kappa shape index (κ1) is 34.8. The predicted molar refractivity (Wildman–Crippen MR) is 175 cm³/mol. The third-order valence-corrected chi connectivity index (χ3v) is 8.29. The molecule has 0 N–H and O–H groups in total. The molecule has 0 amide bonds. The molecule has 4 aromatic rings. The Morgan fingerprint density at radius 3 is 1.95 bits per heavy atom. The van der Waals surface area contributed by atoms with Crippen LogP contribution in [0.25, 0.3) is 10.8 Å². The molecular weight excluding hydrogens is 564 g/mol. The van der Waals surface area contributed by atoms with Gasteiger partial charge in [-0.05, 0) is 55.4 Å². The molecule has 2 heterocycles. The van der Waals surface area contributed by atoms with Crippen molar-refractivity contribution < 1.29 is 17.6 Å². The van der Waals surface area contributed by atoms with Gasteiger partial charge in [0, 0.05) is 43.0 Å². The van der Waals surface area contributed by atoms with Crippen LogP contribution in [0.2, 0.25) is 0 Å². The van der Waals surface area contributed by atoms with E-state index < -0.39 is 34.5 Å². The van der Waals surface area contributed by atoms with Gasteiger partial charge in [0.2, 0.25) is 0 Å². The number of aromatic nitrogens is 2. The van der Waals surface area contributed by atoms with Gasteiger partial charge in [0.05, 0.1) is 0 Å². The second-order valence-corrected chi connectivity index (χ2v) is 11.0. The number of hydrogen-bond donors (Lipinski definition) is 0. The summed E-state index contributed by atoms with van der Waals surface area (Å²) in [6.07, 6.45) is 5.35. The average molecular weight is 611 g/mol. The lowest BCUT2D eigenvalue weighted by molar-refractivity contribution is 0.440. The lowest BCUT2D eigenvalue weighted by Crippen LogP contribution is -2.48. The first-order valence-corrected chi connectivity index (χ1v) is 15.8. The maximum atomic E-state index is 14.4. The minimum absolute atomic E-state index is 0.228. The topological polar surface area (TPSA) is 32.3 Å². The van der Waals surface area contributed by atoms with E-state index in [0.29, 0.717) is 19.0 Å². The largest absolute Gasteiger partial charge is 0.363 e. The van der Waals surface area contributed by atoms with Crippen LogP contribution in [0.15, 0.2) is 48.8 Å². The summed E-state index contributed by atoms with van der Waals surface area (Å²) in [4.78, 5) is 12.4. The van der Waals surface area contributed by atoms with E-state index in [2.05, 4.69) is 85.0 Å². The SMILES string of the molecule is CC.CCc1ncnc(N2CCN(c3c(F)c(F)c(C)c(F)c3F)CC2)c1CCC(C)CC.Cc1cccc2ccccc12. The van der Waals surface area contributed by atoms with Gasteiger partial charge in [-0.15, -0.1) is 0 Å². The zero-order chi connectivity index (χ0) is 32.4. The van der Waals surface area contributed by atoms with E-state index in [1.807, 2.05) is 13.8 Å². The van der Waals surface area contributed by atoms with E-state index in [-0.39, 0.29) is 13.1 Å². The molecule has 3 aromatic carbocycles. The summed E-state index contributed by atoms with van der Waals surface area (Å²) in [7, 11) is 0. The number of fused-ring (bicyclic) bond motifs is 1. The van der Waals surface area contributed by atoms with Gasteiger partial charge in [0.1, 0.15) is 17.8 Å². The summed E-state index contributed by atoms with van der Waals surface area (Å²) < 4.78 is 56.9. The summed E-state index contributed by atoms with van der Waals surface area (Å²) in [5, 5.41) is 2.68. The van der Waals surface area contributed by atoms with Crippen molar-refractivity contribution in [3.63, 3.8) is 0 Å². The number of halogens is 4. The lowest BCUT2D eigenvalue weighted by atomic mass is 9.97. The Morgan fingerprint density at radius 2 is 1.36 bits per heavy atom. The summed E-state index contributed by atoms with van der Waals surface area (Å²) in [5.41, 5.74) is 2.20. The number of benzene rings is 3. The zero-order valence-corrected chi connectivity index (χ0v) is 27.2. The van der Waals surface area contributed by atoms with E-state index in [1.54, 1.807) is 6.33 Å². The highest BCUT2D eigenvalue weighted by atomic mass is 19.2. The van der Waals surface area contributed by atoms with Crippen LogP contribution in [-0.4, -0.2) is 36.1 Å². The first-order chi connectivity index (χ1) is 21.2. The molecule has 0 spiro atoms. The predicted octanol–water partition coefficient (Wildman–Crippen LogP) is 9.38. The van der Waals surface area contributed by atoms with Gasteiger partial charge in [-0.1, -0.05) is 83.5 Å². The number of aryl methyl sites for hydroxylation is 2. The summed E-state index contributed by atoms with van der Waals surface area (Å²) in [6, 6.07) is 14.8. The number of nitrogens with zero attached hydrogens (tertiary/aromatic N) is 4. The normalized spacial score (nSPS) is 13.6. The summed E-state index contributed by atoms with van der Waals surface area (Å²) in [5.74, 6) is -3.92. The molecule has 0 aliphatic carbocycles. The quantitative estimate of drug-likeness (QED) is 0.154. The van der Waals surface area contributed by atoms with Crippen LogP contribution in [0.5, 0.6) is 0 Å². The molecule has 1 fully saturated rings. The van der Waals surface area contributed by atoms with Crippen LogP contribution in [-0.2, 0) is 12.8 Å². The van der Waals surface area contributed by atoms with Crippen molar-refractivity contribution in [1.82, 2.24) is 9.97 Å². The summed E-state index contributed by atoms with van der Waals surface area (Å²) >= 11 is 0. The molecule has 0 radical (unpaired) electrons. The highest BCUT2D eigenvalue weighted by Crippen LogP contribution is 2.32. The molecule has 238 valence electrons. The van der Waals surface area contributed by atoms with Gasteiger partial charge in [0.15, 0.2) is 23.3 Å². The van der Waals surface area contributed by atoms with Gasteiger partial charge in [0.25, 0.3) is 0 Å². The zero-order valence-electron chi connectivity index (χ0n) is 27.2. The Bertz CT molecular complexity index is 1480. The van der Waals surface area contributed by atoms with Gasteiger partial charge >= 0.3 is 0 Å². The van der Waals surface area contributed by atoms with Crippen LogP contribution in [0, 0.1) is 43.0 Å². The van der Waals surface area contributed by atoms with Crippen molar-refractivity contribution in [1.29, 1.82) is 0 Å². The molecule has 1 saturated heterocycles. The van der Waals surface area contributed by atoms with E-state index in [0.717, 1.165) is 49.7 Å². The molecule has 1 aliphatic heterocycles. The van der Waals surface area contributed by atoms with Crippen LogP contribution >= 0.6 is 0 Å². The highest BCUT2D eigenvalue weighted by molar-refractivity contribution is 5.85. The second kappa shape index (κ2) is 16.4. The molecule has 0 saturated carbocycles. The Kier molecular flexibility index (Phi) is 13.0. The standard InChI is InChI=1S/C23H30F4N4.C11H10.C2H6/c1-5-14(3)7-8-16-17(6-2)28-13-29-23(16)31-11-9-30(10-12-31)22-20(26)18(24)15(4)19(25)21(22)27;1-9-5-4-7-10-6-2-3-8-11(9)10;1-2/h13-14H,5-12H2,1-4H3;2-8H,1H3;1-2H3. The molecule has 5 rings (SSSR count). The molecule has 1 aliphatic rings. The van der Waals surface area contributed by atoms with E-state index in [9.17, 15) is 17.6 Å². The van der Waals surface area contributed by atoms with Gasteiger partial charge in [-0.2, -0.15) is 0 Å². The van der Waals surface area contributed by atoms with Crippen LogP contribution in [0.4, 0.5) is 29.1 Å². The smallest absolute Gasteiger partial charge is 0.185 e. The number of hydrogen-bond acceptors (Lipinski definition) is 4. The summed E-state index contributed by atoms with van der Waals surface area (Å²) in [6.45, 7) is 14.9. The number of rotatable bonds is 7. The number of piperazine rings is 1. The van der Waals surface area contributed by atoms with Crippen molar-refractivity contribution in [3.8, 4) is 0 Å². The fourth-order valence-electron chi connectivity index (χ4n) is 5.40. The van der Waals surface area contributed by atoms with Crippen molar-refractivity contribution in [3.05, 3.63) is 94.4 Å². The third-order valence-electron chi connectivity index (χ3n) is 8.29. The minimum Gasteiger partial charge on any atom is -0.363 e. The maximum Gasteiger partial charge on any atom is 0.185 e. The molecule has 8 heteroatoms. The molecule has 4 nitrogen and oxygen atoms in total. The highest BCUT2D eigenvalue weighted by Gasteiger charge is 2.30. The monoisotopic (exact) mass is 610 g/mol. The van der Waals surface area contributed by atoms with Crippen molar-refractivity contribution in [2.75, 3.05) is 36.0 Å². The van der Waals surface area contributed by atoms with Crippen molar-refractivity contribution >= 4 is 22.3 Å². The Morgan fingerprint density at radius 1 is 0.773 bits per heavy atom.